The van der Waals surface area contributed by atoms with Crippen molar-refractivity contribution in [1.82, 2.24) is 0 Å². The molecule has 1 heterocycles. The molecule has 1 saturated heterocycles. The van der Waals surface area contributed by atoms with E-state index in [4.69, 9.17) is 23.7 Å². The maximum Gasteiger partial charge on any atom is 0.335 e. The number of allylic oxidation sites excluding steroid dienone is 19. The summed E-state index contributed by atoms with van der Waals surface area (Å²) < 4.78 is 28.2. The number of esters is 3. The summed E-state index contributed by atoms with van der Waals surface area (Å²) in [5.41, 5.74) is 0. The number of carbonyl (C=O) groups excluding carboxylic acids is 3. The first-order valence-electron chi connectivity index (χ1n) is 28.5. The van der Waals surface area contributed by atoms with Gasteiger partial charge in [0.15, 0.2) is 24.6 Å². The SMILES string of the molecule is CC/C=C\C/C=C\C/C=C\C/C=C\C/C=C\CCCC(=O)OC1C(OCC(COC(=O)C/C=C\C/C=C\C/C=C\C/C=C\C/C=C\CC)OC(=O)CCCCCCCCCCCCCCC)OC(C(=O)O)C(O)C1O. The molecule has 12 heteroatoms. The number of carboxylic acids is 1. The highest BCUT2D eigenvalue weighted by molar-refractivity contribution is 5.74. The van der Waals surface area contributed by atoms with Crippen LogP contribution in [0.15, 0.2) is 122 Å². The molecule has 0 aromatic carbocycles. The molecule has 0 aromatic rings. The molecule has 0 aromatic heterocycles. The monoisotopic (exact) mass is 1050 g/mol. The van der Waals surface area contributed by atoms with E-state index in [0.717, 1.165) is 77.0 Å². The highest BCUT2D eigenvalue weighted by Crippen LogP contribution is 2.26. The lowest BCUT2D eigenvalue weighted by molar-refractivity contribution is -0.301. The number of hydrogen-bond donors (Lipinski definition) is 3. The van der Waals surface area contributed by atoms with Crippen molar-refractivity contribution in [3.8, 4) is 0 Å². The molecule has 1 aliphatic rings. The van der Waals surface area contributed by atoms with Gasteiger partial charge in [0.05, 0.1) is 13.0 Å². The van der Waals surface area contributed by atoms with Crippen molar-refractivity contribution in [1.29, 1.82) is 0 Å². The minimum Gasteiger partial charge on any atom is -0.479 e. The molecule has 0 spiro atoms. The predicted molar refractivity (Wildman–Crippen MR) is 303 cm³/mol. The Bertz CT molecular complexity index is 1770. The Balaban J connectivity index is 2.79. The number of carbonyl (C=O) groups is 4. The van der Waals surface area contributed by atoms with E-state index >= 15 is 0 Å². The lowest BCUT2D eigenvalue weighted by atomic mass is 9.98. The summed E-state index contributed by atoms with van der Waals surface area (Å²) in [6.07, 6.45) is 56.3. The van der Waals surface area contributed by atoms with Gasteiger partial charge in [-0.3, -0.25) is 14.4 Å². The number of aliphatic carboxylic acids is 1. The minimum atomic E-state index is -1.94. The molecule has 1 fully saturated rings. The highest BCUT2D eigenvalue weighted by atomic mass is 16.7. The van der Waals surface area contributed by atoms with Gasteiger partial charge < -0.3 is 39.0 Å². The molecule has 1 aliphatic heterocycles. The maximum atomic E-state index is 13.1. The molecule has 12 nitrogen and oxygen atoms in total. The predicted octanol–water partition coefficient (Wildman–Crippen LogP) is 14.4. The molecule has 0 bridgehead atoms. The number of aliphatic hydroxyl groups is 2. The van der Waals surface area contributed by atoms with Crippen molar-refractivity contribution in [2.45, 2.75) is 237 Å². The van der Waals surface area contributed by atoms with Crippen molar-refractivity contribution in [3.05, 3.63) is 122 Å². The van der Waals surface area contributed by atoms with E-state index in [1.165, 1.54) is 57.8 Å². The highest BCUT2D eigenvalue weighted by Gasteiger charge is 2.50. The number of rotatable bonds is 46. The first-order chi connectivity index (χ1) is 36.6. The van der Waals surface area contributed by atoms with Crippen LogP contribution in [0.4, 0.5) is 0 Å². The Labute approximate surface area is 452 Å². The summed E-state index contributed by atoms with van der Waals surface area (Å²) in [6.45, 7) is 5.63. The van der Waals surface area contributed by atoms with Crippen LogP contribution >= 0.6 is 0 Å². The van der Waals surface area contributed by atoms with Gasteiger partial charge in [-0.15, -0.1) is 0 Å². The summed E-state index contributed by atoms with van der Waals surface area (Å²) in [7, 11) is 0. The molecule has 0 amide bonds. The summed E-state index contributed by atoms with van der Waals surface area (Å²) in [5, 5.41) is 31.4. The average molecular weight is 1050 g/mol. The largest absolute Gasteiger partial charge is 0.479 e. The Morgan fingerprint density at radius 2 is 0.880 bits per heavy atom. The topological polar surface area (TPSA) is 175 Å². The molecule has 0 saturated carbocycles. The number of hydrogen-bond acceptors (Lipinski definition) is 11. The zero-order valence-electron chi connectivity index (χ0n) is 46.2. The van der Waals surface area contributed by atoms with Gasteiger partial charge >= 0.3 is 23.9 Å². The van der Waals surface area contributed by atoms with Gasteiger partial charge in [0.25, 0.3) is 0 Å². The Morgan fingerprint density at radius 1 is 0.467 bits per heavy atom. The van der Waals surface area contributed by atoms with Gasteiger partial charge in [0, 0.05) is 12.8 Å². The second kappa shape index (κ2) is 50.0. The lowest BCUT2D eigenvalue weighted by Crippen LogP contribution is -2.61. The van der Waals surface area contributed by atoms with Crippen LogP contribution in [0.5, 0.6) is 0 Å². The molecule has 0 aliphatic carbocycles. The van der Waals surface area contributed by atoms with Crippen LogP contribution in [0.1, 0.15) is 201 Å². The number of aliphatic hydroxyl groups excluding tert-OH is 2. The minimum absolute atomic E-state index is 0.0246. The summed E-state index contributed by atoms with van der Waals surface area (Å²) in [4.78, 5) is 51.0. The second-order valence-electron chi connectivity index (χ2n) is 18.8. The first kappa shape index (κ1) is 68.1. The Hall–Kier alpha value is -4.88. The molecular weight excluding hydrogens is 949 g/mol. The van der Waals surface area contributed by atoms with Gasteiger partial charge in [0.2, 0.25) is 0 Å². The average Bonchev–Trinajstić information content (AvgIpc) is 3.39. The summed E-state index contributed by atoms with van der Waals surface area (Å²) in [5.74, 6) is -3.38. The Kier molecular flexibility index (Phi) is 45.4. The second-order valence-corrected chi connectivity index (χ2v) is 18.8. The fourth-order valence-corrected chi connectivity index (χ4v) is 7.77. The molecule has 6 atom stereocenters. The van der Waals surface area contributed by atoms with Gasteiger partial charge in [-0.2, -0.15) is 0 Å². The van der Waals surface area contributed by atoms with Crippen LogP contribution in [-0.2, 0) is 42.9 Å². The van der Waals surface area contributed by atoms with Crippen molar-refractivity contribution < 1.29 is 58.2 Å². The van der Waals surface area contributed by atoms with E-state index in [1.807, 2.05) is 24.3 Å². The standard InChI is InChI=1S/C63H98O12/c1-4-7-10-13-16-19-22-25-27-28-30-33-36-39-42-45-48-51-57(66)74-61-59(68)58(67)60(62(69)70)75-63(61)72-53-54(73-56(65)50-47-44-41-38-35-31-24-21-18-15-12-9-6-3)52-71-55(64)49-46-43-40-37-34-32-29-26-23-20-17-14-11-8-5-2/h7-8,10-11,16-17,19-20,25-27,29-30,33-34,37,39,42-43,46,54,58-61,63,67-68H,4-6,9,12-15,18,21-24,28,31-32,35-36,38,40-41,44-45,47-53H2,1-3H3,(H,69,70)/b10-7-,11-8-,19-16-,20-17-,27-25-,29-26-,33-30-,37-34-,42-39-,46-43-. The van der Waals surface area contributed by atoms with E-state index in [-0.39, 0.29) is 25.9 Å². The van der Waals surface area contributed by atoms with E-state index in [9.17, 15) is 34.5 Å². The van der Waals surface area contributed by atoms with Gasteiger partial charge in [0.1, 0.15) is 18.8 Å². The van der Waals surface area contributed by atoms with Crippen LogP contribution < -0.4 is 0 Å². The summed E-state index contributed by atoms with van der Waals surface area (Å²) in [6, 6.07) is 0. The van der Waals surface area contributed by atoms with Crippen molar-refractivity contribution in [2.75, 3.05) is 13.2 Å². The fraction of sp³-hybridized carbons (Fsp3) is 0.619. The van der Waals surface area contributed by atoms with E-state index in [1.54, 1.807) is 6.08 Å². The van der Waals surface area contributed by atoms with Crippen molar-refractivity contribution >= 4 is 23.9 Å². The van der Waals surface area contributed by atoms with E-state index < -0.39 is 67.3 Å². The van der Waals surface area contributed by atoms with Gasteiger partial charge in [-0.05, 0) is 83.5 Å². The van der Waals surface area contributed by atoms with Crippen molar-refractivity contribution in [2.24, 2.45) is 0 Å². The number of ether oxygens (including phenoxy) is 5. The maximum absolute atomic E-state index is 13.1. The van der Waals surface area contributed by atoms with Crippen molar-refractivity contribution in [3.63, 3.8) is 0 Å². The molecule has 75 heavy (non-hydrogen) atoms. The van der Waals surface area contributed by atoms with Gasteiger partial charge in [-0.25, -0.2) is 4.79 Å². The van der Waals surface area contributed by atoms with Crippen LogP contribution in [0.2, 0.25) is 0 Å². The smallest absolute Gasteiger partial charge is 0.335 e. The molecule has 422 valence electrons. The van der Waals surface area contributed by atoms with E-state index in [2.05, 4.69) is 112 Å². The molecular formula is C63H98O12. The number of unbranched alkanes of at least 4 members (excludes halogenated alkanes) is 13. The van der Waals surface area contributed by atoms with E-state index in [0.29, 0.717) is 25.7 Å². The molecule has 0 radical (unpaired) electrons. The lowest BCUT2D eigenvalue weighted by Gasteiger charge is -2.40. The normalized spacial score (nSPS) is 19.1. The quantitative estimate of drug-likeness (QED) is 0.0228. The van der Waals surface area contributed by atoms with Crippen LogP contribution in [-0.4, -0.2) is 89.2 Å². The Morgan fingerprint density at radius 3 is 1.33 bits per heavy atom. The van der Waals surface area contributed by atoms with Crippen LogP contribution in [0.25, 0.3) is 0 Å². The molecule has 1 rings (SSSR count). The van der Waals surface area contributed by atoms with Crippen LogP contribution in [0, 0.1) is 0 Å². The zero-order chi connectivity index (χ0) is 54.7. The third-order valence-electron chi connectivity index (χ3n) is 12.1. The zero-order valence-corrected chi connectivity index (χ0v) is 46.2. The molecule has 6 unspecified atom stereocenters. The number of carboxylic acid groups (broad SMARTS) is 1. The third-order valence-corrected chi connectivity index (χ3v) is 12.1. The first-order valence-corrected chi connectivity index (χ1v) is 28.5. The third kappa shape index (κ3) is 40.1. The fourth-order valence-electron chi connectivity index (χ4n) is 7.77. The van der Waals surface area contributed by atoms with Crippen LogP contribution in [0.3, 0.4) is 0 Å². The van der Waals surface area contributed by atoms with Gasteiger partial charge in [-0.1, -0.05) is 219 Å². The molecule has 3 N–H and O–H groups in total. The summed E-state index contributed by atoms with van der Waals surface area (Å²) >= 11 is 0.